The number of hydrogen-bond donors (Lipinski definition) is 1. The van der Waals surface area contributed by atoms with Crippen molar-refractivity contribution < 1.29 is 19.4 Å². The van der Waals surface area contributed by atoms with Crippen LogP contribution in [0.5, 0.6) is 11.5 Å². The average molecular weight is 278 g/mol. The van der Waals surface area contributed by atoms with Crippen molar-refractivity contribution >= 4 is 5.97 Å². The Kier molecular flexibility index (Phi) is 4.53. The first kappa shape index (κ1) is 14.7. The molecule has 1 aliphatic rings. The molecule has 1 N–H and O–H groups in total. The molecule has 0 saturated heterocycles. The predicted molar refractivity (Wildman–Crippen MR) is 76.5 cm³/mol. The maximum atomic E-state index is 11.3. The number of carbonyl (C=O) groups is 1. The van der Waals surface area contributed by atoms with E-state index < -0.39 is 5.97 Å². The molecule has 110 valence electrons. The van der Waals surface area contributed by atoms with E-state index in [0.717, 1.165) is 12.8 Å². The molecule has 1 saturated carbocycles. The molecule has 2 rings (SSSR count). The lowest BCUT2D eigenvalue weighted by atomic mass is 9.82. The van der Waals surface area contributed by atoms with Crippen LogP contribution in [0.4, 0.5) is 0 Å². The van der Waals surface area contributed by atoms with E-state index in [-0.39, 0.29) is 11.7 Å². The summed E-state index contributed by atoms with van der Waals surface area (Å²) in [6, 6.07) is 4.84. The van der Waals surface area contributed by atoms with Crippen LogP contribution in [-0.2, 0) is 0 Å². The van der Waals surface area contributed by atoms with Crippen LogP contribution in [0, 0.1) is 11.8 Å². The summed E-state index contributed by atoms with van der Waals surface area (Å²) in [7, 11) is 1.56. The highest BCUT2D eigenvalue weighted by Crippen LogP contribution is 2.33. The summed E-state index contributed by atoms with van der Waals surface area (Å²) in [5, 5.41) is 9.24. The quantitative estimate of drug-likeness (QED) is 0.914. The van der Waals surface area contributed by atoms with Gasteiger partial charge in [0.2, 0.25) is 0 Å². The van der Waals surface area contributed by atoms with Gasteiger partial charge in [-0.15, -0.1) is 0 Å². The highest BCUT2D eigenvalue weighted by Gasteiger charge is 2.26. The van der Waals surface area contributed by atoms with E-state index in [1.807, 2.05) is 0 Å². The minimum Gasteiger partial charge on any atom is -0.497 e. The minimum atomic E-state index is -0.973. The second-order valence-corrected chi connectivity index (χ2v) is 5.82. The summed E-state index contributed by atoms with van der Waals surface area (Å²) < 4.78 is 11.1. The molecular weight excluding hydrogens is 256 g/mol. The van der Waals surface area contributed by atoms with Gasteiger partial charge in [0.1, 0.15) is 17.1 Å². The lowest BCUT2D eigenvalue weighted by Crippen LogP contribution is -2.29. The molecule has 0 radical (unpaired) electrons. The van der Waals surface area contributed by atoms with Gasteiger partial charge in [0.25, 0.3) is 0 Å². The molecular formula is C16H22O4. The fraction of sp³-hybridized carbons (Fsp3) is 0.562. The van der Waals surface area contributed by atoms with Crippen molar-refractivity contribution in [3.05, 3.63) is 23.8 Å². The van der Waals surface area contributed by atoms with E-state index >= 15 is 0 Å². The molecule has 0 amide bonds. The normalized spacial score (nSPS) is 26.1. The van der Waals surface area contributed by atoms with Gasteiger partial charge < -0.3 is 14.6 Å². The molecule has 2 atom stereocenters. The van der Waals surface area contributed by atoms with Crippen LogP contribution < -0.4 is 9.47 Å². The van der Waals surface area contributed by atoms with Crippen molar-refractivity contribution in [3.63, 3.8) is 0 Å². The molecule has 0 spiro atoms. The summed E-state index contributed by atoms with van der Waals surface area (Å²) in [4.78, 5) is 11.3. The van der Waals surface area contributed by atoms with Crippen LogP contribution in [-0.4, -0.2) is 24.3 Å². The van der Waals surface area contributed by atoms with E-state index in [9.17, 15) is 9.90 Å². The molecule has 0 heterocycles. The third-order valence-corrected chi connectivity index (χ3v) is 3.85. The van der Waals surface area contributed by atoms with Crippen molar-refractivity contribution in [2.45, 2.75) is 39.2 Å². The molecule has 1 aliphatic carbocycles. The SMILES string of the molecule is COc1ccc(C(=O)O)c(OC2CC(C)CC(C)C2)c1. The van der Waals surface area contributed by atoms with Gasteiger partial charge in [0.05, 0.1) is 13.2 Å². The number of ether oxygens (including phenoxy) is 2. The van der Waals surface area contributed by atoms with Crippen molar-refractivity contribution in [1.29, 1.82) is 0 Å². The number of carboxylic acid groups (broad SMARTS) is 1. The Hall–Kier alpha value is -1.71. The zero-order valence-corrected chi connectivity index (χ0v) is 12.3. The van der Waals surface area contributed by atoms with Crippen molar-refractivity contribution in [2.24, 2.45) is 11.8 Å². The summed E-state index contributed by atoms with van der Waals surface area (Å²) in [5.74, 6) is 1.27. The average Bonchev–Trinajstić information content (AvgIpc) is 2.37. The lowest BCUT2D eigenvalue weighted by Gasteiger charge is -2.32. The first-order valence-electron chi connectivity index (χ1n) is 7.07. The van der Waals surface area contributed by atoms with Gasteiger partial charge in [0, 0.05) is 6.07 Å². The van der Waals surface area contributed by atoms with E-state index in [1.54, 1.807) is 19.2 Å². The van der Waals surface area contributed by atoms with Crippen LogP contribution in [0.15, 0.2) is 18.2 Å². The van der Waals surface area contributed by atoms with Gasteiger partial charge in [0.15, 0.2) is 0 Å². The van der Waals surface area contributed by atoms with Gasteiger partial charge in [-0.05, 0) is 43.2 Å². The molecule has 20 heavy (non-hydrogen) atoms. The fourth-order valence-electron chi connectivity index (χ4n) is 3.05. The summed E-state index contributed by atoms with van der Waals surface area (Å²) in [6.07, 6.45) is 3.24. The summed E-state index contributed by atoms with van der Waals surface area (Å²) in [6.45, 7) is 4.44. The zero-order valence-electron chi connectivity index (χ0n) is 12.3. The second-order valence-electron chi connectivity index (χ2n) is 5.82. The van der Waals surface area contributed by atoms with Gasteiger partial charge in [-0.1, -0.05) is 13.8 Å². The maximum Gasteiger partial charge on any atom is 0.339 e. The number of hydrogen-bond acceptors (Lipinski definition) is 3. The van der Waals surface area contributed by atoms with E-state index in [0.29, 0.717) is 23.3 Å². The first-order valence-corrected chi connectivity index (χ1v) is 7.07. The summed E-state index contributed by atoms with van der Waals surface area (Å²) in [5.41, 5.74) is 0.191. The van der Waals surface area contributed by atoms with Crippen LogP contribution in [0.3, 0.4) is 0 Å². The van der Waals surface area contributed by atoms with Gasteiger partial charge >= 0.3 is 5.97 Å². The van der Waals surface area contributed by atoms with E-state index in [1.165, 1.54) is 12.5 Å². The highest BCUT2D eigenvalue weighted by molar-refractivity contribution is 5.91. The molecule has 1 fully saturated rings. The van der Waals surface area contributed by atoms with E-state index in [4.69, 9.17) is 9.47 Å². The van der Waals surface area contributed by atoms with Crippen LogP contribution in [0.1, 0.15) is 43.5 Å². The monoisotopic (exact) mass is 278 g/mol. The van der Waals surface area contributed by atoms with Crippen LogP contribution in [0.25, 0.3) is 0 Å². The molecule has 4 heteroatoms. The number of methoxy groups -OCH3 is 1. The first-order chi connectivity index (χ1) is 9.49. The molecule has 4 nitrogen and oxygen atoms in total. The maximum absolute atomic E-state index is 11.3. The molecule has 2 unspecified atom stereocenters. The molecule has 0 aromatic heterocycles. The third-order valence-electron chi connectivity index (χ3n) is 3.85. The third kappa shape index (κ3) is 3.44. The predicted octanol–water partition coefficient (Wildman–Crippen LogP) is 3.60. The molecule has 0 aliphatic heterocycles. The highest BCUT2D eigenvalue weighted by atomic mass is 16.5. The Balaban J connectivity index is 2.20. The standard InChI is InChI=1S/C16H22O4/c1-10-6-11(2)8-13(7-10)20-15-9-12(19-3)4-5-14(15)16(17)18/h4-5,9-11,13H,6-8H2,1-3H3,(H,17,18). The van der Waals surface area contributed by atoms with Gasteiger partial charge in [-0.25, -0.2) is 4.79 Å². The smallest absolute Gasteiger partial charge is 0.339 e. The Bertz CT molecular complexity index is 473. The second kappa shape index (κ2) is 6.16. The van der Waals surface area contributed by atoms with Crippen molar-refractivity contribution in [1.82, 2.24) is 0 Å². The Labute approximate surface area is 119 Å². The molecule has 1 aromatic rings. The number of carboxylic acids is 1. The van der Waals surface area contributed by atoms with Gasteiger partial charge in [-0.3, -0.25) is 0 Å². The van der Waals surface area contributed by atoms with Gasteiger partial charge in [-0.2, -0.15) is 0 Å². The topological polar surface area (TPSA) is 55.8 Å². The lowest BCUT2D eigenvalue weighted by molar-refractivity contribution is 0.0675. The Morgan fingerprint density at radius 3 is 2.40 bits per heavy atom. The van der Waals surface area contributed by atoms with Crippen molar-refractivity contribution in [2.75, 3.05) is 7.11 Å². The van der Waals surface area contributed by atoms with Crippen LogP contribution >= 0.6 is 0 Å². The minimum absolute atomic E-state index is 0.0824. The Morgan fingerprint density at radius 2 is 1.85 bits per heavy atom. The fourth-order valence-corrected chi connectivity index (χ4v) is 3.05. The largest absolute Gasteiger partial charge is 0.497 e. The number of rotatable bonds is 4. The zero-order chi connectivity index (χ0) is 14.7. The number of benzene rings is 1. The molecule has 1 aromatic carbocycles. The van der Waals surface area contributed by atoms with Crippen LogP contribution in [0.2, 0.25) is 0 Å². The van der Waals surface area contributed by atoms with Crippen molar-refractivity contribution in [3.8, 4) is 11.5 Å². The summed E-state index contributed by atoms with van der Waals surface area (Å²) >= 11 is 0. The Morgan fingerprint density at radius 1 is 1.20 bits per heavy atom. The number of aromatic carboxylic acids is 1. The van der Waals surface area contributed by atoms with E-state index in [2.05, 4.69) is 13.8 Å². The molecule has 0 bridgehead atoms.